The number of hydrogen-bond donors (Lipinski definition) is 0. The summed E-state index contributed by atoms with van der Waals surface area (Å²) in [5.41, 5.74) is 2.08. The number of ketones is 1. The molecule has 0 aliphatic heterocycles. The minimum atomic E-state index is 0.0119. The summed E-state index contributed by atoms with van der Waals surface area (Å²) in [6.07, 6.45) is 1.51. The Morgan fingerprint density at radius 2 is 1.88 bits per heavy atom. The number of rotatable bonds is 6. The molecular weight excluding hydrogens is 208 g/mol. The van der Waals surface area contributed by atoms with Crippen LogP contribution in [0.2, 0.25) is 0 Å². The van der Waals surface area contributed by atoms with Gasteiger partial charge in [-0.05, 0) is 18.4 Å². The van der Waals surface area contributed by atoms with E-state index >= 15 is 0 Å². The van der Waals surface area contributed by atoms with Gasteiger partial charge in [0.05, 0.1) is 0 Å². The Kier molecular flexibility index (Phi) is 5.14. The predicted octanol–water partition coefficient (Wildman–Crippen LogP) is 4.35. The van der Waals surface area contributed by atoms with Gasteiger partial charge in [-0.3, -0.25) is 4.79 Å². The topological polar surface area (TPSA) is 17.1 Å². The zero-order valence-corrected chi connectivity index (χ0v) is 11.1. The number of allylic oxidation sites excluding steroid dienone is 1. The Morgan fingerprint density at radius 1 is 1.29 bits per heavy atom. The normalized spacial score (nSPS) is 14.1. The smallest absolute Gasteiger partial charge is 0.144 e. The third-order valence-electron chi connectivity index (χ3n) is 3.19. The van der Waals surface area contributed by atoms with E-state index in [4.69, 9.17) is 0 Å². The molecule has 92 valence electrons. The lowest BCUT2D eigenvalue weighted by Crippen LogP contribution is -2.19. The van der Waals surface area contributed by atoms with Crippen LogP contribution < -0.4 is 0 Å². The number of carbonyl (C=O) groups excluding carboxylic acids is 1. The molecule has 0 saturated carbocycles. The molecule has 1 heteroatoms. The molecule has 0 bridgehead atoms. The molecule has 1 rings (SSSR count). The molecule has 0 aliphatic carbocycles. The molecule has 1 aromatic rings. The Balaban J connectivity index is 2.96. The van der Waals surface area contributed by atoms with Gasteiger partial charge in [0.2, 0.25) is 0 Å². The fourth-order valence-electron chi connectivity index (χ4n) is 2.14. The van der Waals surface area contributed by atoms with Crippen LogP contribution >= 0.6 is 0 Å². The Hall–Kier alpha value is -1.37. The molecule has 0 aliphatic rings. The van der Waals surface area contributed by atoms with Gasteiger partial charge in [0, 0.05) is 12.3 Å². The molecule has 2 unspecified atom stereocenters. The SMILES string of the molecule is C=C(C)CC(=O)C(c1ccccc1)C(C)CC. The number of benzene rings is 1. The second kappa shape index (κ2) is 6.39. The van der Waals surface area contributed by atoms with E-state index in [-0.39, 0.29) is 11.7 Å². The predicted molar refractivity (Wildman–Crippen MR) is 73.1 cm³/mol. The number of hydrogen-bond acceptors (Lipinski definition) is 1. The monoisotopic (exact) mass is 230 g/mol. The first kappa shape index (κ1) is 13.7. The van der Waals surface area contributed by atoms with E-state index in [1.165, 1.54) is 0 Å². The van der Waals surface area contributed by atoms with E-state index in [1.54, 1.807) is 0 Å². The van der Waals surface area contributed by atoms with E-state index < -0.39 is 0 Å². The summed E-state index contributed by atoms with van der Waals surface area (Å²) in [6.45, 7) is 10.0. The summed E-state index contributed by atoms with van der Waals surface area (Å²) >= 11 is 0. The Morgan fingerprint density at radius 3 is 2.35 bits per heavy atom. The van der Waals surface area contributed by atoms with Crippen molar-refractivity contribution >= 4 is 5.78 Å². The molecule has 0 aromatic heterocycles. The van der Waals surface area contributed by atoms with E-state index in [1.807, 2.05) is 37.3 Å². The van der Waals surface area contributed by atoms with Crippen LogP contribution in [0.25, 0.3) is 0 Å². The van der Waals surface area contributed by atoms with Crippen LogP contribution in [-0.4, -0.2) is 5.78 Å². The van der Waals surface area contributed by atoms with Crippen LogP contribution in [-0.2, 0) is 4.79 Å². The second-order valence-electron chi connectivity index (χ2n) is 4.87. The molecule has 17 heavy (non-hydrogen) atoms. The maximum Gasteiger partial charge on any atom is 0.144 e. The summed E-state index contributed by atoms with van der Waals surface area (Å²) in [5.74, 6) is 0.681. The minimum absolute atomic E-state index is 0.0119. The maximum absolute atomic E-state index is 12.3. The van der Waals surface area contributed by atoms with Crippen LogP contribution in [0.3, 0.4) is 0 Å². The van der Waals surface area contributed by atoms with Crippen molar-refractivity contribution in [2.24, 2.45) is 5.92 Å². The van der Waals surface area contributed by atoms with Crippen molar-refractivity contribution in [3.8, 4) is 0 Å². The lowest BCUT2D eigenvalue weighted by Gasteiger charge is -2.22. The Bertz CT molecular complexity index is 378. The highest BCUT2D eigenvalue weighted by Crippen LogP contribution is 2.29. The van der Waals surface area contributed by atoms with Crippen LogP contribution in [0.1, 0.15) is 45.1 Å². The van der Waals surface area contributed by atoms with Gasteiger partial charge >= 0.3 is 0 Å². The first-order valence-electron chi connectivity index (χ1n) is 6.28. The van der Waals surface area contributed by atoms with Crippen LogP contribution in [0.5, 0.6) is 0 Å². The van der Waals surface area contributed by atoms with Gasteiger partial charge in [0.1, 0.15) is 5.78 Å². The van der Waals surface area contributed by atoms with E-state index in [2.05, 4.69) is 20.4 Å². The molecular formula is C16H22O. The fourth-order valence-corrected chi connectivity index (χ4v) is 2.14. The fraction of sp³-hybridized carbons (Fsp3) is 0.438. The second-order valence-corrected chi connectivity index (χ2v) is 4.87. The van der Waals surface area contributed by atoms with Gasteiger partial charge in [-0.25, -0.2) is 0 Å². The summed E-state index contributed by atoms with van der Waals surface area (Å²) in [7, 11) is 0. The van der Waals surface area contributed by atoms with Crippen molar-refractivity contribution in [2.45, 2.75) is 39.5 Å². The molecule has 0 radical (unpaired) electrons. The highest BCUT2D eigenvalue weighted by molar-refractivity contribution is 5.87. The van der Waals surface area contributed by atoms with Gasteiger partial charge < -0.3 is 0 Å². The zero-order chi connectivity index (χ0) is 12.8. The van der Waals surface area contributed by atoms with Crippen LogP contribution in [0.15, 0.2) is 42.5 Å². The third-order valence-corrected chi connectivity index (χ3v) is 3.19. The number of carbonyl (C=O) groups is 1. The quantitative estimate of drug-likeness (QED) is 0.664. The molecule has 0 heterocycles. The molecule has 2 atom stereocenters. The minimum Gasteiger partial charge on any atom is -0.299 e. The van der Waals surface area contributed by atoms with Gasteiger partial charge in [-0.2, -0.15) is 0 Å². The van der Waals surface area contributed by atoms with Crippen molar-refractivity contribution in [3.63, 3.8) is 0 Å². The van der Waals surface area contributed by atoms with Crippen molar-refractivity contribution in [2.75, 3.05) is 0 Å². The molecule has 0 saturated heterocycles. The van der Waals surface area contributed by atoms with E-state index in [0.717, 1.165) is 17.6 Å². The van der Waals surface area contributed by atoms with E-state index in [9.17, 15) is 4.79 Å². The summed E-state index contributed by atoms with van der Waals surface area (Å²) in [5, 5.41) is 0. The van der Waals surface area contributed by atoms with Gasteiger partial charge in [-0.15, -0.1) is 0 Å². The van der Waals surface area contributed by atoms with Crippen molar-refractivity contribution in [3.05, 3.63) is 48.0 Å². The summed E-state index contributed by atoms with van der Waals surface area (Å²) < 4.78 is 0. The lowest BCUT2D eigenvalue weighted by atomic mass is 9.81. The Labute approximate surface area is 105 Å². The average molecular weight is 230 g/mol. The molecule has 0 N–H and O–H groups in total. The standard InChI is InChI=1S/C16H22O/c1-5-13(4)16(15(17)11-12(2)3)14-9-7-6-8-10-14/h6-10,13,16H,2,5,11H2,1,3-4H3. The van der Waals surface area contributed by atoms with Crippen molar-refractivity contribution in [1.29, 1.82) is 0 Å². The molecule has 0 amide bonds. The van der Waals surface area contributed by atoms with Gasteiger partial charge in [0.15, 0.2) is 0 Å². The molecule has 1 nitrogen and oxygen atoms in total. The first-order chi connectivity index (χ1) is 8.06. The number of Topliss-reactive ketones (excluding diaryl/α,β-unsaturated/α-hetero) is 1. The van der Waals surface area contributed by atoms with E-state index in [0.29, 0.717) is 12.3 Å². The lowest BCUT2D eigenvalue weighted by molar-refractivity contribution is -0.120. The third kappa shape index (κ3) is 3.85. The van der Waals surface area contributed by atoms with Crippen LogP contribution in [0.4, 0.5) is 0 Å². The first-order valence-corrected chi connectivity index (χ1v) is 6.28. The highest BCUT2D eigenvalue weighted by atomic mass is 16.1. The van der Waals surface area contributed by atoms with Gasteiger partial charge in [-0.1, -0.05) is 62.8 Å². The molecule has 1 aromatic carbocycles. The maximum atomic E-state index is 12.3. The van der Waals surface area contributed by atoms with Crippen LogP contribution in [0, 0.1) is 5.92 Å². The van der Waals surface area contributed by atoms with Gasteiger partial charge in [0.25, 0.3) is 0 Å². The summed E-state index contributed by atoms with van der Waals surface area (Å²) in [6, 6.07) is 10.1. The average Bonchev–Trinajstić information content (AvgIpc) is 2.29. The van der Waals surface area contributed by atoms with Crippen molar-refractivity contribution in [1.82, 2.24) is 0 Å². The molecule has 0 spiro atoms. The summed E-state index contributed by atoms with van der Waals surface area (Å²) in [4.78, 5) is 12.3. The van der Waals surface area contributed by atoms with Crippen molar-refractivity contribution < 1.29 is 4.79 Å². The highest BCUT2D eigenvalue weighted by Gasteiger charge is 2.25. The molecule has 0 fully saturated rings. The largest absolute Gasteiger partial charge is 0.299 e. The zero-order valence-electron chi connectivity index (χ0n) is 11.1.